The molecular formula is C13H17BrO. The molecule has 0 aromatic heterocycles. The van der Waals surface area contributed by atoms with Crippen molar-refractivity contribution in [3.63, 3.8) is 0 Å². The number of fused-ring (bicyclic) bond motifs is 1. The molecule has 0 aliphatic carbocycles. The van der Waals surface area contributed by atoms with E-state index in [4.69, 9.17) is 4.74 Å². The van der Waals surface area contributed by atoms with Gasteiger partial charge in [-0.1, -0.05) is 48.8 Å². The first-order valence-corrected chi connectivity index (χ1v) is 6.37. The molecule has 1 nitrogen and oxygen atoms in total. The SMILES string of the molecule is CCC(Br)c1ccc2c(c1)C(C)(C)CO2. The summed E-state index contributed by atoms with van der Waals surface area (Å²) in [6.45, 7) is 7.45. The Morgan fingerprint density at radius 2 is 2.20 bits per heavy atom. The Labute approximate surface area is 100.0 Å². The Morgan fingerprint density at radius 3 is 2.87 bits per heavy atom. The molecule has 1 aromatic carbocycles. The lowest BCUT2D eigenvalue weighted by Gasteiger charge is -2.17. The van der Waals surface area contributed by atoms with Gasteiger partial charge in [-0.25, -0.2) is 0 Å². The molecule has 82 valence electrons. The van der Waals surface area contributed by atoms with Gasteiger partial charge in [0.15, 0.2) is 0 Å². The molecule has 2 rings (SSSR count). The molecule has 0 amide bonds. The van der Waals surface area contributed by atoms with E-state index in [9.17, 15) is 0 Å². The summed E-state index contributed by atoms with van der Waals surface area (Å²) in [4.78, 5) is 0.458. The summed E-state index contributed by atoms with van der Waals surface area (Å²) in [5.74, 6) is 1.06. The third kappa shape index (κ3) is 1.92. The van der Waals surface area contributed by atoms with Crippen LogP contribution in [0, 0.1) is 0 Å². The molecule has 1 aliphatic heterocycles. The van der Waals surface area contributed by atoms with Crippen LogP contribution >= 0.6 is 15.9 Å². The fourth-order valence-electron chi connectivity index (χ4n) is 1.97. The van der Waals surface area contributed by atoms with Crippen LogP contribution in [0.1, 0.15) is 43.1 Å². The first-order chi connectivity index (χ1) is 7.04. The fraction of sp³-hybridized carbons (Fsp3) is 0.538. The van der Waals surface area contributed by atoms with Gasteiger partial charge < -0.3 is 4.74 Å². The molecule has 1 heterocycles. The predicted molar refractivity (Wildman–Crippen MR) is 66.9 cm³/mol. The number of alkyl halides is 1. The largest absolute Gasteiger partial charge is 0.492 e. The lowest BCUT2D eigenvalue weighted by atomic mass is 9.86. The van der Waals surface area contributed by atoms with Gasteiger partial charge in [0.2, 0.25) is 0 Å². The van der Waals surface area contributed by atoms with E-state index in [0.717, 1.165) is 18.8 Å². The van der Waals surface area contributed by atoms with E-state index in [1.54, 1.807) is 0 Å². The normalized spacial score (nSPS) is 19.5. The van der Waals surface area contributed by atoms with Gasteiger partial charge >= 0.3 is 0 Å². The maximum atomic E-state index is 5.67. The van der Waals surface area contributed by atoms with E-state index in [-0.39, 0.29) is 5.41 Å². The monoisotopic (exact) mass is 268 g/mol. The maximum absolute atomic E-state index is 5.67. The van der Waals surface area contributed by atoms with Crippen molar-refractivity contribution < 1.29 is 4.74 Å². The summed E-state index contributed by atoms with van der Waals surface area (Å²) in [5, 5.41) is 0. The number of halogens is 1. The molecule has 0 N–H and O–H groups in total. The number of hydrogen-bond donors (Lipinski definition) is 0. The van der Waals surface area contributed by atoms with Gasteiger partial charge in [-0.05, 0) is 18.1 Å². The molecule has 0 fully saturated rings. The van der Waals surface area contributed by atoms with Gasteiger partial charge in [0.05, 0.1) is 6.61 Å². The van der Waals surface area contributed by atoms with Crippen molar-refractivity contribution >= 4 is 15.9 Å². The molecule has 0 radical (unpaired) electrons. The minimum Gasteiger partial charge on any atom is -0.492 e. The van der Waals surface area contributed by atoms with Crippen LogP contribution in [0.4, 0.5) is 0 Å². The zero-order valence-corrected chi connectivity index (χ0v) is 11.1. The Hall–Kier alpha value is -0.500. The van der Waals surface area contributed by atoms with Crippen LogP contribution in [0.3, 0.4) is 0 Å². The van der Waals surface area contributed by atoms with Crippen LogP contribution in [0.15, 0.2) is 18.2 Å². The van der Waals surface area contributed by atoms with Crippen LogP contribution in [0.25, 0.3) is 0 Å². The predicted octanol–water partition coefficient (Wildman–Crippen LogP) is 4.20. The number of hydrogen-bond acceptors (Lipinski definition) is 1. The number of rotatable bonds is 2. The molecule has 15 heavy (non-hydrogen) atoms. The first-order valence-electron chi connectivity index (χ1n) is 5.46. The van der Waals surface area contributed by atoms with Crippen molar-refractivity contribution in [3.8, 4) is 5.75 Å². The van der Waals surface area contributed by atoms with Crippen LogP contribution in [0.5, 0.6) is 5.75 Å². The summed E-state index contributed by atoms with van der Waals surface area (Å²) in [7, 11) is 0. The van der Waals surface area contributed by atoms with E-state index >= 15 is 0 Å². The second kappa shape index (κ2) is 3.82. The van der Waals surface area contributed by atoms with Crippen molar-refractivity contribution in [1.29, 1.82) is 0 Å². The topological polar surface area (TPSA) is 9.23 Å². The van der Waals surface area contributed by atoms with Crippen LogP contribution in [-0.4, -0.2) is 6.61 Å². The van der Waals surface area contributed by atoms with E-state index in [1.807, 2.05) is 0 Å². The molecule has 0 saturated heterocycles. The van der Waals surface area contributed by atoms with Crippen LogP contribution in [-0.2, 0) is 5.41 Å². The van der Waals surface area contributed by atoms with Crippen LogP contribution < -0.4 is 4.74 Å². The molecular weight excluding hydrogens is 252 g/mol. The van der Waals surface area contributed by atoms with Gasteiger partial charge in [-0.15, -0.1) is 0 Å². The molecule has 0 saturated carbocycles. The highest BCUT2D eigenvalue weighted by atomic mass is 79.9. The number of ether oxygens (including phenoxy) is 1. The Bertz CT molecular complexity index is 371. The molecule has 0 spiro atoms. The van der Waals surface area contributed by atoms with Crippen molar-refractivity contribution in [1.82, 2.24) is 0 Å². The quantitative estimate of drug-likeness (QED) is 0.731. The van der Waals surface area contributed by atoms with Crippen molar-refractivity contribution in [2.24, 2.45) is 0 Å². The van der Waals surface area contributed by atoms with Gasteiger partial charge in [0.25, 0.3) is 0 Å². The highest BCUT2D eigenvalue weighted by Crippen LogP contribution is 2.40. The van der Waals surface area contributed by atoms with Crippen molar-refractivity contribution in [2.45, 2.75) is 37.4 Å². The summed E-state index contributed by atoms with van der Waals surface area (Å²) < 4.78 is 5.67. The van der Waals surface area contributed by atoms with E-state index < -0.39 is 0 Å². The zero-order valence-electron chi connectivity index (χ0n) is 9.51. The third-order valence-electron chi connectivity index (χ3n) is 3.04. The maximum Gasteiger partial charge on any atom is 0.123 e. The summed E-state index contributed by atoms with van der Waals surface area (Å²) in [6, 6.07) is 6.54. The molecule has 2 heteroatoms. The van der Waals surface area contributed by atoms with Crippen molar-refractivity contribution in [2.75, 3.05) is 6.61 Å². The van der Waals surface area contributed by atoms with Gasteiger partial charge in [-0.2, -0.15) is 0 Å². The smallest absolute Gasteiger partial charge is 0.123 e. The second-order valence-corrected chi connectivity index (χ2v) is 5.91. The summed E-state index contributed by atoms with van der Waals surface area (Å²) >= 11 is 3.69. The third-order valence-corrected chi connectivity index (χ3v) is 4.22. The molecule has 0 bridgehead atoms. The minimum atomic E-state index is 0.159. The standard InChI is InChI=1S/C13H17BrO/c1-4-11(14)9-5-6-12-10(7-9)13(2,3)8-15-12/h5-7,11H,4,8H2,1-3H3. The lowest BCUT2D eigenvalue weighted by Crippen LogP contribution is -2.18. The number of benzene rings is 1. The molecule has 1 unspecified atom stereocenters. The summed E-state index contributed by atoms with van der Waals surface area (Å²) in [6.07, 6.45) is 1.11. The van der Waals surface area contributed by atoms with Gasteiger partial charge in [0, 0.05) is 15.8 Å². The van der Waals surface area contributed by atoms with E-state index in [1.165, 1.54) is 11.1 Å². The van der Waals surface area contributed by atoms with Crippen molar-refractivity contribution in [3.05, 3.63) is 29.3 Å². The van der Waals surface area contributed by atoms with E-state index in [2.05, 4.69) is 54.9 Å². The fourth-order valence-corrected chi connectivity index (χ4v) is 2.25. The van der Waals surface area contributed by atoms with Gasteiger partial charge in [-0.3, -0.25) is 0 Å². The second-order valence-electron chi connectivity index (χ2n) is 4.80. The lowest BCUT2D eigenvalue weighted by molar-refractivity contribution is 0.291. The minimum absolute atomic E-state index is 0.159. The Balaban J connectivity index is 2.41. The molecule has 1 aromatic rings. The van der Waals surface area contributed by atoms with E-state index in [0.29, 0.717) is 4.83 Å². The first kappa shape index (κ1) is 11.0. The Morgan fingerprint density at radius 1 is 1.47 bits per heavy atom. The average Bonchev–Trinajstić information content (AvgIpc) is 2.53. The highest BCUT2D eigenvalue weighted by Gasteiger charge is 2.32. The zero-order chi connectivity index (χ0) is 11.1. The molecule has 1 aliphatic rings. The van der Waals surface area contributed by atoms with Gasteiger partial charge in [0.1, 0.15) is 5.75 Å². The van der Waals surface area contributed by atoms with Crippen LogP contribution in [0.2, 0.25) is 0 Å². The molecule has 1 atom stereocenters. The Kier molecular flexibility index (Phi) is 2.80. The highest BCUT2D eigenvalue weighted by molar-refractivity contribution is 9.09. The average molecular weight is 269 g/mol. The summed E-state index contributed by atoms with van der Waals surface area (Å²) in [5.41, 5.74) is 2.86.